The molecule has 0 aliphatic heterocycles. The van der Waals surface area contributed by atoms with Gasteiger partial charge in [-0.1, -0.05) is 0 Å². The molecule has 0 saturated heterocycles. The van der Waals surface area contributed by atoms with E-state index < -0.39 is 34.7 Å². The van der Waals surface area contributed by atoms with Crippen LogP contribution in [0.5, 0.6) is 0 Å². The van der Waals surface area contributed by atoms with E-state index in [-0.39, 0.29) is 32.4 Å². The van der Waals surface area contributed by atoms with Crippen molar-refractivity contribution < 1.29 is 34.2 Å². The molecule has 24 heavy (non-hydrogen) atoms. The number of carbonyl (C=O) groups is 3. The lowest BCUT2D eigenvalue weighted by atomic mass is 10.1. The Morgan fingerprint density at radius 1 is 1.29 bits per heavy atom. The summed E-state index contributed by atoms with van der Waals surface area (Å²) in [5.41, 5.74) is -0.768. The molecule has 1 atom stereocenters. The van der Waals surface area contributed by atoms with Gasteiger partial charge in [0.25, 0.3) is 5.09 Å². The second-order valence-electron chi connectivity index (χ2n) is 5.84. The van der Waals surface area contributed by atoms with E-state index in [0.717, 1.165) is 0 Å². The summed E-state index contributed by atoms with van der Waals surface area (Å²) in [7, 11) is 0. The molecule has 0 aliphatic carbocycles. The minimum atomic E-state index is -1.28. The molecular weight excluding hydrogens is 326 g/mol. The largest absolute Gasteiger partial charge is 0.480 e. The molecule has 0 saturated carbocycles. The second-order valence-corrected chi connectivity index (χ2v) is 5.84. The van der Waals surface area contributed by atoms with Crippen molar-refractivity contribution in [3.63, 3.8) is 0 Å². The molecule has 0 spiro atoms. The zero-order valence-corrected chi connectivity index (χ0v) is 13.9. The third-order valence-corrected chi connectivity index (χ3v) is 2.49. The van der Waals surface area contributed by atoms with Crippen molar-refractivity contribution in [2.75, 3.05) is 13.2 Å². The van der Waals surface area contributed by atoms with E-state index in [9.17, 15) is 24.5 Å². The molecule has 0 heterocycles. The van der Waals surface area contributed by atoms with Gasteiger partial charge < -0.3 is 25.3 Å². The van der Waals surface area contributed by atoms with Crippen LogP contribution in [0.25, 0.3) is 0 Å². The molecule has 0 bridgehead atoms. The van der Waals surface area contributed by atoms with Crippen molar-refractivity contribution in [2.24, 2.45) is 0 Å². The number of amides is 2. The highest BCUT2D eigenvalue weighted by Gasteiger charge is 2.24. The molecular formula is C13H23N3O8. The van der Waals surface area contributed by atoms with Crippen LogP contribution < -0.4 is 10.6 Å². The smallest absolute Gasteiger partial charge is 0.408 e. The fraction of sp³-hybridized carbons (Fsp3) is 0.769. The highest BCUT2D eigenvalue weighted by atomic mass is 16.9. The molecule has 0 aromatic rings. The van der Waals surface area contributed by atoms with E-state index in [2.05, 4.69) is 15.5 Å². The summed E-state index contributed by atoms with van der Waals surface area (Å²) in [6.07, 6.45) is -0.896. The number of carboxylic acid groups (broad SMARTS) is 1. The molecule has 0 rings (SSSR count). The van der Waals surface area contributed by atoms with Gasteiger partial charge in [0.2, 0.25) is 5.91 Å². The SMILES string of the molecule is CC(C)(C)OC(=O)N[C@@H](CCC(=O)NCCCO[N+](=O)[O-])C(=O)O. The first-order valence-electron chi connectivity index (χ1n) is 7.27. The minimum absolute atomic E-state index is 0.119. The second kappa shape index (κ2) is 10.2. The van der Waals surface area contributed by atoms with Gasteiger partial charge >= 0.3 is 12.1 Å². The van der Waals surface area contributed by atoms with Gasteiger partial charge in [0.1, 0.15) is 11.6 Å². The van der Waals surface area contributed by atoms with Crippen molar-refractivity contribution in [3.8, 4) is 0 Å². The maximum Gasteiger partial charge on any atom is 0.408 e. The average molecular weight is 349 g/mol. The quantitative estimate of drug-likeness (QED) is 0.291. The van der Waals surface area contributed by atoms with Crippen LogP contribution in [0.3, 0.4) is 0 Å². The molecule has 0 fully saturated rings. The summed E-state index contributed by atoms with van der Waals surface area (Å²) >= 11 is 0. The number of hydrogen-bond donors (Lipinski definition) is 3. The van der Waals surface area contributed by atoms with E-state index in [0.29, 0.717) is 0 Å². The van der Waals surface area contributed by atoms with Crippen LogP contribution in [0.15, 0.2) is 0 Å². The number of hydrogen-bond acceptors (Lipinski definition) is 7. The van der Waals surface area contributed by atoms with Crippen LogP contribution >= 0.6 is 0 Å². The average Bonchev–Trinajstić information content (AvgIpc) is 2.40. The summed E-state index contributed by atoms with van der Waals surface area (Å²) in [6, 6.07) is -1.26. The zero-order chi connectivity index (χ0) is 18.8. The van der Waals surface area contributed by atoms with Crippen LogP contribution in [-0.4, -0.2) is 53.0 Å². The van der Waals surface area contributed by atoms with Gasteiger partial charge in [0.05, 0.1) is 6.61 Å². The number of carboxylic acids is 1. The number of alkyl carbamates (subject to hydrolysis) is 1. The van der Waals surface area contributed by atoms with Gasteiger partial charge in [-0.15, -0.1) is 10.1 Å². The maximum absolute atomic E-state index is 11.6. The molecule has 0 unspecified atom stereocenters. The Bertz CT molecular complexity index is 461. The predicted octanol–water partition coefficient (Wildman–Crippen LogP) is 0.459. The van der Waals surface area contributed by atoms with Gasteiger partial charge in [-0.3, -0.25) is 4.79 Å². The Labute approximate surface area is 138 Å². The van der Waals surface area contributed by atoms with Gasteiger partial charge in [-0.25, -0.2) is 9.59 Å². The lowest BCUT2D eigenvalue weighted by molar-refractivity contribution is -0.757. The van der Waals surface area contributed by atoms with Crippen molar-refractivity contribution >= 4 is 18.0 Å². The molecule has 138 valence electrons. The Hall–Kier alpha value is -2.59. The van der Waals surface area contributed by atoms with E-state index in [1.165, 1.54) is 0 Å². The van der Waals surface area contributed by atoms with Crippen LogP contribution in [0.2, 0.25) is 0 Å². The fourth-order valence-electron chi connectivity index (χ4n) is 1.51. The van der Waals surface area contributed by atoms with Crippen LogP contribution in [-0.2, 0) is 19.2 Å². The first-order valence-corrected chi connectivity index (χ1v) is 7.27. The summed E-state index contributed by atoms with van der Waals surface area (Å²) < 4.78 is 4.95. The third kappa shape index (κ3) is 12.0. The molecule has 11 heteroatoms. The number of carbonyl (C=O) groups excluding carboxylic acids is 2. The number of ether oxygens (including phenoxy) is 1. The topological polar surface area (TPSA) is 157 Å². The summed E-state index contributed by atoms with van der Waals surface area (Å²) in [6.45, 7) is 4.92. The Kier molecular flexibility index (Phi) is 9.13. The highest BCUT2D eigenvalue weighted by Crippen LogP contribution is 2.07. The van der Waals surface area contributed by atoms with E-state index in [1.807, 2.05) is 0 Å². The Morgan fingerprint density at radius 2 is 1.92 bits per heavy atom. The van der Waals surface area contributed by atoms with E-state index in [4.69, 9.17) is 9.84 Å². The number of nitrogens with one attached hydrogen (secondary N) is 2. The number of rotatable bonds is 10. The van der Waals surface area contributed by atoms with Crippen LogP contribution in [0, 0.1) is 10.1 Å². The van der Waals surface area contributed by atoms with Crippen molar-refractivity contribution in [2.45, 2.75) is 51.7 Å². The van der Waals surface area contributed by atoms with Crippen molar-refractivity contribution in [1.82, 2.24) is 10.6 Å². The van der Waals surface area contributed by atoms with Crippen molar-refractivity contribution in [3.05, 3.63) is 10.1 Å². The summed E-state index contributed by atoms with van der Waals surface area (Å²) in [5, 5.41) is 22.7. The van der Waals surface area contributed by atoms with Gasteiger partial charge in [-0.05, 0) is 33.6 Å². The van der Waals surface area contributed by atoms with Crippen LogP contribution in [0.4, 0.5) is 4.79 Å². The lowest BCUT2D eigenvalue weighted by Crippen LogP contribution is -2.44. The maximum atomic E-state index is 11.6. The lowest BCUT2D eigenvalue weighted by Gasteiger charge is -2.21. The standard InChI is InChI=1S/C13H23N3O8/c1-13(2,3)24-12(20)15-9(11(18)19)5-6-10(17)14-7-4-8-23-16(21)22/h9H,4-8H2,1-3H3,(H,14,17)(H,15,20)(H,18,19)/t9-/m0/s1. The number of aliphatic carboxylic acids is 1. The zero-order valence-electron chi connectivity index (χ0n) is 13.9. The fourth-order valence-corrected chi connectivity index (χ4v) is 1.51. The molecule has 2 amide bonds. The summed E-state index contributed by atoms with van der Waals surface area (Å²) in [4.78, 5) is 48.2. The van der Waals surface area contributed by atoms with E-state index in [1.54, 1.807) is 20.8 Å². The minimum Gasteiger partial charge on any atom is -0.480 e. The monoisotopic (exact) mass is 349 g/mol. The highest BCUT2D eigenvalue weighted by molar-refractivity contribution is 5.81. The first-order chi connectivity index (χ1) is 11.0. The molecule has 3 N–H and O–H groups in total. The third-order valence-electron chi connectivity index (χ3n) is 2.49. The molecule has 0 radical (unpaired) electrons. The van der Waals surface area contributed by atoms with E-state index >= 15 is 0 Å². The molecule has 0 aromatic heterocycles. The van der Waals surface area contributed by atoms with Crippen molar-refractivity contribution in [1.29, 1.82) is 0 Å². The molecule has 0 aromatic carbocycles. The summed E-state index contributed by atoms with van der Waals surface area (Å²) in [5.74, 6) is -1.72. The Morgan fingerprint density at radius 3 is 2.42 bits per heavy atom. The normalized spacial score (nSPS) is 12.0. The Balaban J connectivity index is 4.12. The number of nitrogens with zero attached hydrogens (tertiary/aromatic N) is 1. The van der Waals surface area contributed by atoms with Gasteiger partial charge in [0, 0.05) is 13.0 Å². The molecule has 0 aliphatic rings. The predicted molar refractivity (Wildman–Crippen MR) is 80.6 cm³/mol. The van der Waals surface area contributed by atoms with Gasteiger partial charge in [-0.2, -0.15) is 0 Å². The van der Waals surface area contributed by atoms with Crippen LogP contribution in [0.1, 0.15) is 40.0 Å². The first kappa shape index (κ1) is 21.4. The van der Waals surface area contributed by atoms with Gasteiger partial charge in [0.15, 0.2) is 0 Å². The molecule has 11 nitrogen and oxygen atoms in total.